The highest BCUT2D eigenvalue weighted by molar-refractivity contribution is 7.15. The molecule has 0 radical (unpaired) electrons. The van der Waals surface area contributed by atoms with Crippen LogP contribution in [0.15, 0.2) is 42.5 Å². The Balaban J connectivity index is 1.79. The van der Waals surface area contributed by atoms with Gasteiger partial charge in [-0.3, -0.25) is 9.63 Å². The van der Waals surface area contributed by atoms with E-state index in [-0.39, 0.29) is 5.78 Å². The number of amides is 1. The van der Waals surface area contributed by atoms with Gasteiger partial charge in [0.1, 0.15) is 17.0 Å². The van der Waals surface area contributed by atoms with E-state index in [1.165, 1.54) is 35.6 Å². The summed E-state index contributed by atoms with van der Waals surface area (Å²) >= 11 is 1.31. The van der Waals surface area contributed by atoms with Crippen LogP contribution in [0.5, 0.6) is 0 Å². The number of hydroxylamine groups is 2. The molecule has 0 fully saturated rings. The first-order valence-corrected chi connectivity index (χ1v) is 12.1. The number of halogens is 1. The number of ketones is 1. The average molecular weight is 504 g/mol. The predicted octanol–water partition coefficient (Wildman–Crippen LogP) is 6.77. The summed E-state index contributed by atoms with van der Waals surface area (Å²) in [4.78, 5) is 44.6. The minimum Gasteiger partial charge on any atom is -0.442 e. The summed E-state index contributed by atoms with van der Waals surface area (Å²) in [6.45, 7) is 10.2. The lowest BCUT2D eigenvalue weighted by Gasteiger charge is -2.29. The zero-order chi connectivity index (χ0) is 26.0. The Morgan fingerprint density at radius 3 is 2.17 bits per heavy atom. The first kappa shape index (κ1) is 26.4. The van der Waals surface area contributed by atoms with E-state index < -0.39 is 35.3 Å². The first-order valence-electron chi connectivity index (χ1n) is 11.3. The lowest BCUT2D eigenvalue weighted by atomic mass is 10.1. The van der Waals surface area contributed by atoms with Gasteiger partial charge < -0.3 is 9.47 Å². The van der Waals surface area contributed by atoms with Crippen LogP contribution in [0.2, 0.25) is 0 Å². The van der Waals surface area contributed by atoms with Crippen LogP contribution in [-0.4, -0.2) is 40.3 Å². The van der Waals surface area contributed by atoms with Gasteiger partial charge in [0, 0.05) is 10.4 Å². The Morgan fingerprint density at radius 1 is 0.943 bits per heavy atom. The highest BCUT2D eigenvalue weighted by Gasteiger charge is 2.35. The van der Waals surface area contributed by atoms with Crippen molar-refractivity contribution in [3.05, 3.63) is 63.6 Å². The van der Waals surface area contributed by atoms with E-state index in [1.807, 2.05) is 12.1 Å². The van der Waals surface area contributed by atoms with Gasteiger partial charge in [-0.1, -0.05) is 6.08 Å². The van der Waals surface area contributed by atoms with Gasteiger partial charge in [0.05, 0.1) is 10.9 Å². The number of rotatable bonds is 4. The highest BCUT2D eigenvalue weighted by Crippen LogP contribution is 2.35. The molecule has 1 aliphatic carbocycles. The summed E-state index contributed by atoms with van der Waals surface area (Å²) in [6, 6.07) is 8.41. The zero-order valence-corrected chi connectivity index (χ0v) is 21.5. The van der Waals surface area contributed by atoms with Crippen LogP contribution in [0.3, 0.4) is 0 Å². The lowest BCUT2D eigenvalue weighted by molar-refractivity contribution is -0.147. The normalized spacial score (nSPS) is 15.9. The van der Waals surface area contributed by atoms with E-state index in [4.69, 9.17) is 14.3 Å². The SMILES string of the molecule is CC(C)(C)OC(=O)ON(C(=O)OC(C)(C)C)C1C=C(c2ccc(C(=O)c3ccc(F)cc3)s2)CC1. The number of allylic oxidation sites excluding steroid dienone is 1. The Morgan fingerprint density at radius 2 is 1.57 bits per heavy atom. The Labute approximate surface area is 208 Å². The molecule has 35 heavy (non-hydrogen) atoms. The molecule has 0 saturated heterocycles. The van der Waals surface area contributed by atoms with Gasteiger partial charge in [0.15, 0.2) is 0 Å². The van der Waals surface area contributed by atoms with Crippen molar-refractivity contribution in [2.45, 2.75) is 71.6 Å². The summed E-state index contributed by atoms with van der Waals surface area (Å²) in [7, 11) is 0. The van der Waals surface area contributed by atoms with Gasteiger partial charge in [-0.05, 0) is 96.4 Å². The molecule has 0 N–H and O–H groups in total. The topological polar surface area (TPSA) is 82.1 Å². The summed E-state index contributed by atoms with van der Waals surface area (Å²) in [6.07, 6.45) is 1.12. The summed E-state index contributed by atoms with van der Waals surface area (Å²) in [5.41, 5.74) is -0.265. The fourth-order valence-corrected chi connectivity index (χ4v) is 4.39. The van der Waals surface area contributed by atoms with Gasteiger partial charge in [-0.15, -0.1) is 16.4 Å². The number of nitrogens with zero attached hydrogens (tertiary/aromatic N) is 1. The van der Waals surface area contributed by atoms with E-state index >= 15 is 0 Å². The fraction of sp³-hybridized carbons (Fsp3) is 0.423. The molecule has 0 spiro atoms. The zero-order valence-electron chi connectivity index (χ0n) is 20.7. The molecule has 1 heterocycles. The van der Waals surface area contributed by atoms with Crippen LogP contribution in [0.4, 0.5) is 14.0 Å². The number of ether oxygens (including phenoxy) is 2. The predicted molar refractivity (Wildman–Crippen MR) is 131 cm³/mol. The molecule has 0 saturated carbocycles. The summed E-state index contributed by atoms with van der Waals surface area (Å²) in [5.74, 6) is -0.598. The molecule has 7 nitrogen and oxygen atoms in total. The molecule has 9 heteroatoms. The monoisotopic (exact) mass is 503 g/mol. The summed E-state index contributed by atoms with van der Waals surface area (Å²) in [5, 5.41) is 0.907. The largest absolute Gasteiger partial charge is 0.534 e. The van der Waals surface area contributed by atoms with Crippen LogP contribution in [0.1, 0.15) is 74.5 Å². The molecule has 0 bridgehead atoms. The second-order valence-corrected chi connectivity index (χ2v) is 11.2. The third-order valence-electron chi connectivity index (χ3n) is 4.79. The maximum absolute atomic E-state index is 13.2. The van der Waals surface area contributed by atoms with Crippen LogP contribution >= 0.6 is 11.3 Å². The van der Waals surface area contributed by atoms with Crippen LogP contribution in [0.25, 0.3) is 5.57 Å². The summed E-state index contributed by atoms with van der Waals surface area (Å²) < 4.78 is 23.8. The number of carbonyl (C=O) groups is 3. The maximum atomic E-state index is 13.2. The molecule has 1 atom stereocenters. The van der Waals surface area contributed by atoms with Crippen molar-refractivity contribution < 1.29 is 33.1 Å². The fourth-order valence-electron chi connectivity index (χ4n) is 3.36. The molecule has 2 aromatic rings. The van der Waals surface area contributed by atoms with E-state index in [0.717, 1.165) is 15.5 Å². The van der Waals surface area contributed by atoms with Crippen molar-refractivity contribution in [1.82, 2.24) is 5.06 Å². The number of hydrogen-bond donors (Lipinski definition) is 0. The average Bonchev–Trinajstić information content (AvgIpc) is 3.39. The molecule has 1 unspecified atom stereocenters. The van der Waals surface area contributed by atoms with Crippen molar-refractivity contribution >= 4 is 34.9 Å². The Kier molecular flexibility index (Phi) is 7.69. The number of carbonyl (C=O) groups excluding carboxylic acids is 3. The quantitative estimate of drug-likeness (QED) is 0.260. The number of hydrogen-bond acceptors (Lipinski definition) is 7. The van der Waals surface area contributed by atoms with Gasteiger partial charge in [0.25, 0.3) is 0 Å². The Hall–Kier alpha value is -3.20. The van der Waals surface area contributed by atoms with Crippen LogP contribution < -0.4 is 0 Å². The van der Waals surface area contributed by atoms with Crippen molar-refractivity contribution in [3.63, 3.8) is 0 Å². The molecule has 188 valence electrons. The third-order valence-corrected chi connectivity index (χ3v) is 5.95. The molecule has 1 aromatic carbocycles. The third kappa shape index (κ3) is 7.39. The van der Waals surface area contributed by atoms with Crippen molar-refractivity contribution in [2.24, 2.45) is 0 Å². The molecule has 1 amide bonds. The smallest absolute Gasteiger partial charge is 0.442 e. The van der Waals surface area contributed by atoms with Crippen molar-refractivity contribution in [2.75, 3.05) is 0 Å². The van der Waals surface area contributed by atoms with E-state index in [2.05, 4.69) is 0 Å². The van der Waals surface area contributed by atoms with Crippen molar-refractivity contribution in [3.8, 4) is 0 Å². The van der Waals surface area contributed by atoms with Gasteiger partial charge in [-0.2, -0.15) is 0 Å². The standard InChI is InChI=1S/C26H30FNO6S/c1-25(2,3)32-23(30)28(34-24(31)33-26(4,5)6)19-12-9-17(15-19)20-13-14-21(35-20)22(29)16-7-10-18(27)11-8-16/h7-8,10-11,13-15,19H,9,12H2,1-6H3. The van der Waals surface area contributed by atoms with E-state index in [9.17, 15) is 18.8 Å². The Bertz CT molecular complexity index is 1120. The molecular weight excluding hydrogens is 473 g/mol. The van der Waals surface area contributed by atoms with Crippen molar-refractivity contribution in [1.29, 1.82) is 0 Å². The van der Waals surface area contributed by atoms with Gasteiger partial charge in [0.2, 0.25) is 5.78 Å². The van der Waals surface area contributed by atoms with Gasteiger partial charge >= 0.3 is 12.2 Å². The van der Waals surface area contributed by atoms with E-state index in [1.54, 1.807) is 47.6 Å². The van der Waals surface area contributed by atoms with Gasteiger partial charge in [-0.25, -0.2) is 14.0 Å². The molecule has 1 aliphatic rings. The molecular formula is C26H30FNO6S. The lowest BCUT2D eigenvalue weighted by Crippen LogP contribution is -2.44. The molecule has 0 aliphatic heterocycles. The van der Waals surface area contributed by atoms with E-state index in [0.29, 0.717) is 23.3 Å². The first-order chi connectivity index (χ1) is 16.2. The van der Waals surface area contributed by atoms with Crippen LogP contribution in [-0.2, 0) is 14.3 Å². The number of thiophene rings is 1. The second-order valence-electron chi connectivity index (χ2n) is 10.2. The minimum absolute atomic E-state index is 0.194. The molecule has 3 rings (SSSR count). The highest BCUT2D eigenvalue weighted by atomic mass is 32.1. The molecule has 1 aromatic heterocycles. The second kappa shape index (κ2) is 10.2. The minimum atomic E-state index is -1.01. The number of benzene rings is 1. The maximum Gasteiger partial charge on any atom is 0.534 e. The van der Waals surface area contributed by atoms with Crippen LogP contribution in [0, 0.1) is 5.82 Å².